The van der Waals surface area contributed by atoms with Crippen LogP contribution in [0.1, 0.15) is 53.6 Å². The van der Waals surface area contributed by atoms with E-state index in [1.54, 1.807) is 36.4 Å². The van der Waals surface area contributed by atoms with E-state index in [1.807, 2.05) is 24.3 Å². The van der Waals surface area contributed by atoms with Crippen LogP contribution in [0.4, 0.5) is 0 Å². The number of hydrogen-bond acceptors (Lipinski definition) is 5. The molecule has 0 aromatic heterocycles. The van der Waals surface area contributed by atoms with E-state index in [-0.39, 0.29) is 5.97 Å². The third-order valence-corrected chi connectivity index (χ3v) is 5.36. The summed E-state index contributed by atoms with van der Waals surface area (Å²) in [6.07, 6.45) is 7.31. The number of nitriles is 1. The van der Waals surface area contributed by atoms with E-state index in [1.165, 1.54) is 11.6 Å². The maximum Gasteiger partial charge on any atom is 0.343 e. The molecule has 0 aliphatic carbocycles. The summed E-state index contributed by atoms with van der Waals surface area (Å²) >= 11 is 0. The van der Waals surface area contributed by atoms with Gasteiger partial charge in [0.2, 0.25) is 0 Å². The lowest BCUT2D eigenvalue weighted by Gasteiger charge is -2.07. The maximum atomic E-state index is 12.5. The van der Waals surface area contributed by atoms with Crippen molar-refractivity contribution in [2.45, 2.75) is 38.5 Å². The van der Waals surface area contributed by atoms with Crippen molar-refractivity contribution in [3.05, 3.63) is 90.0 Å². The highest BCUT2D eigenvalue weighted by atomic mass is 16.5. The first-order valence-electron chi connectivity index (χ1n) is 11.1. The average Bonchev–Trinajstić information content (AvgIpc) is 2.85. The van der Waals surface area contributed by atoms with Gasteiger partial charge in [0.25, 0.3) is 0 Å². The van der Waals surface area contributed by atoms with Gasteiger partial charge in [-0.2, -0.15) is 5.26 Å². The molecule has 0 radical (unpaired) electrons. The molecule has 5 heteroatoms. The third kappa shape index (κ3) is 7.33. The maximum absolute atomic E-state index is 12.5. The van der Waals surface area contributed by atoms with Crippen LogP contribution in [0.3, 0.4) is 0 Å². The van der Waals surface area contributed by atoms with Gasteiger partial charge in [0.05, 0.1) is 23.8 Å². The average molecular weight is 442 g/mol. The first-order chi connectivity index (χ1) is 16.1. The Morgan fingerprint density at radius 1 is 0.879 bits per heavy atom. The molecule has 0 heterocycles. The summed E-state index contributed by atoms with van der Waals surface area (Å²) in [5.74, 6) is -0.290. The molecule has 33 heavy (non-hydrogen) atoms. The monoisotopic (exact) mass is 441 g/mol. The van der Waals surface area contributed by atoms with Crippen LogP contribution in [-0.4, -0.2) is 18.5 Å². The van der Waals surface area contributed by atoms with Gasteiger partial charge in [-0.1, -0.05) is 50.1 Å². The topological polar surface area (TPSA) is 76.4 Å². The van der Waals surface area contributed by atoms with Gasteiger partial charge in [0.1, 0.15) is 5.75 Å². The standard InChI is InChI=1S/C28H27NO4/c1-2-27(30)32-17-7-5-3-4-6-8-21-9-12-23(13-10-21)28(31)33-26-16-15-24-18-22(20-29)11-14-25(24)19-26/h2,9-16,18-19H,1,3-8,17H2. The van der Waals surface area contributed by atoms with Gasteiger partial charge < -0.3 is 9.47 Å². The second-order valence-corrected chi connectivity index (χ2v) is 7.81. The molecule has 0 N–H and O–H groups in total. The van der Waals surface area contributed by atoms with E-state index in [2.05, 4.69) is 12.6 Å². The van der Waals surface area contributed by atoms with Crippen LogP contribution in [0.15, 0.2) is 73.3 Å². The van der Waals surface area contributed by atoms with E-state index >= 15 is 0 Å². The smallest absolute Gasteiger partial charge is 0.343 e. The quantitative estimate of drug-likeness (QED) is 0.154. The zero-order valence-corrected chi connectivity index (χ0v) is 18.6. The fraction of sp³-hybridized carbons (Fsp3) is 0.250. The number of esters is 2. The predicted molar refractivity (Wildman–Crippen MR) is 128 cm³/mol. The number of rotatable bonds is 11. The molecule has 3 rings (SSSR count). The van der Waals surface area contributed by atoms with Crippen molar-refractivity contribution in [3.63, 3.8) is 0 Å². The fourth-order valence-corrected chi connectivity index (χ4v) is 3.52. The zero-order valence-electron chi connectivity index (χ0n) is 18.6. The Morgan fingerprint density at radius 3 is 2.33 bits per heavy atom. The Hall–Kier alpha value is -3.91. The van der Waals surface area contributed by atoms with Crippen molar-refractivity contribution in [1.29, 1.82) is 5.26 Å². The van der Waals surface area contributed by atoms with Crippen molar-refractivity contribution in [2.75, 3.05) is 6.61 Å². The van der Waals surface area contributed by atoms with E-state index in [9.17, 15) is 9.59 Å². The highest BCUT2D eigenvalue weighted by Crippen LogP contribution is 2.23. The molecule has 3 aromatic rings. The van der Waals surface area contributed by atoms with Crippen LogP contribution in [0.25, 0.3) is 10.8 Å². The number of carbonyl (C=O) groups excluding carboxylic acids is 2. The second-order valence-electron chi connectivity index (χ2n) is 7.81. The van der Waals surface area contributed by atoms with Crippen LogP contribution in [0.2, 0.25) is 0 Å². The molecule has 0 aliphatic rings. The lowest BCUT2D eigenvalue weighted by Crippen LogP contribution is -2.08. The summed E-state index contributed by atoms with van der Waals surface area (Å²) in [7, 11) is 0. The van der Waals surface area contributed by atoms with Crippen molar-refractivity contribution < 1.29 is 19.1 Å². The third-order valence-electron chi connectivity index (χ3n) is 5.36. The summed E-state index contributed by atoms with van der Waals surface area (Å²) in [6, 6.07) is 20.4. The molecule has 0 amide bonds. The largest absolute Gasteiger partial charge is 0.463 e. The summed E-state index contributed by atoms with van der Waals surface area (Å²) < 4.78 is 10.5. The Kier molecular flexibility index (Phi) is 8.79. The number of aryl methyl sites for hydroxylation is 1. The van der Waals surface area contributed by atoms with Gasteiger partial charge in [-0.3, -0.25) is 0 Å². The van der Waals surface area contributed by atoms with Gasteiger partial charge in [-0.25, -0.2) is 9.59 Å². The number of carbonyl (C=O) groups is 2. The second kappa shape index (κ2) is 12.2. The van der Waals surface area contributed by atoms with Crippen molar-refractivity contribution in [1.82, 2.24) is 0 Å². The van der Waals surface area contributed by atoms with E-state index in [0.29, 0.717) is 23.5 Å². The van der Waals surface area contributed by atoms with Crippen LogP contribution in [0, 0.1) is 11.3 Å². The molecule has 0 fully saturated rings. The Bertz CT molecular complexity index is 1160. The molecule has 0 spiro atoms. The highest BCUT2D eigenvalue weighted by Gasteiger charge is 2.09. The zero-order chi connectivity index (χ0) is 23.5. The Balaban J connectivity index is 1.42. The molecular weight excluding hydrogens is 414 g/mol. The van der Waals surface area contributed by atoms with Gasteiger partial charge >= 0.3 is 11.9 Å². The van der Waals surface area contributed by atoms with Gasteiger partial charge in [-0.15, -0.1) is 0 Å². The minimum atomic E-state index is -0.397. The van der Waals surface area contributed by atoms with Gasteiger partial charge in [0.15, 0.2) is 0 Å². The molecule has 0 bridgehead atoms. The first-order valence-corrected chi connectivity index (χ1v) is 11.1. The molecule has 168 valence electrons. The molecule has 3 aromatic carbocycles. The van der Waals surface area contributed by atoms with Gasteiger partial charge in [-0.05, 0) is 72.0 Å². The fourth-order valence-electron chi connectivity index (χ4n) is 3.52. The Morgan fingerprint density at radius 2 is 1.58 bits per heavy atom. The molecular formula is C28H27NO4. The Labute approximate surface area is 194 Å². The minimum Gasteiger partial charge on any atom is -0.463 e. The lowest BCUT2D eigenvalue weighted by molar-refractivity contribution is -0.137. The van der Waals surface area contributed by atoms with Crippen LogP contribution in [0.5, 0.6) is 5.75 Å². The highest BCUT2D eigenvalue weighted by molar-refractivity contribution is 5.92. The van der Waals surface area contributed by atoms with Crippen molar-refractivity contribution in [3.8, 4) is 11.8 Å². The molecule has 0 unspecified atom stereocenters. The minimum absolute atomic E-state index is 0.366. The molecule has 5 nitrogen and oxygen atoms in total. The number of hydrogen-bond donors (Lipinski definition) is 0. The molecule has 0 saturated heterocycles. The van der Waals surface area contributed by atoms with Crippen molar-refractivity contribution >= 4 is 22.7 Å². The summed E-state index contributed by atoms with van der Waals surface area (Å²) in [5.41, 5.74) is 2.29. The van der Waals surface area contributed by atoms with Gasteiger partial charge in [0, 0.05) is 6.08 Å². The van der Waals surface area contributed by atoms with E-state index in [0.717, 1.165) is 49.3 Å². The molecule has 0 saturated carbocycles. The van der Waals surface area contributed by atoms with Crippen LogP contribution < -0.4 is 4.74 Å². The van der Waals surface area contributed by atoms with Crippen LogP contribution >= 0.6 is 0 Å². The number of unbranched alkanes of at least 4 members (excludes halogenated alkanes) is 4. The lowest BCUT2D eigenvalue weighted by atomic mass is 10.0. The number of fused-ring (bicyclic) bond motifs is 1. The van der Waals surface area contributed by atoms with Crippen molar-refractivity contribution in [2.24, 2.45) is 0 Å². The molecule has 0 atom stereocenters. The summed E-state index contributed by atoms with van der Waals surface area (Å²) in [5, 5.41) is 10.8. The number of nitrogens with zero attached hydrogens (tertiary/aromatic N) is 1. The number of ether oxygens (including phenoxy) is 2. The normalized spacial score (nSPS) is 10.4. The predicted octanol–water partition coefficient (Wildman–Crippen LogP) is 6.15. The molecule has 0 aliphatic heterocycles. The first kappa shape index (κ1) is 23.7. The summed E-state index contributed by atoms with van der Waals surface area (Å²) in [6.45, 7) is 3.82. The SMILES string of the molecule is C=CC(=O)OCCCCCCCc1ccc(C(=O)Oc2ccc3cc(C#N)ccc3c2)cc1. The number of benzene rings is 3. The van der Waals surface area contributed by atoms with E-state index in [4.69, 9.17) is 14.7 Å². The van der Waals surface area contributed by atoms with Crippen LogP contribution in [-0.2, 0) is 16.0 Å². The van der Waals surface area contributed by atoms with E-state index < -0.39 is 5.97 Å². The summed E-state index contributed by atoms with van der Waals surface area (Å²) in [4.78, 5) is 23.5.